The van der Waals surface area contributed by atoms with E-state index in [2.05, 4.69) is 4.74 Å². The van der Waals surface area contributed by atoms with Crippen LogP contribution in [-0.2, 0) is 22.5 Å². The Kier molecular flexibility index (Phi) is 3.08. The molecular weight excluding hydrogens is 170 g/mol. The van der Waals surface area contributed by atoms with Crippen LogP contribution in [0, 0.1) is 6.92 Å². The Balaban J connectivity index is 2.76. The number of hydrogen-bond donors (Lipinski definition) is 1. The second-order valence-corrected chi connectivity index (χ2v) is 2.78. The second kappa shape index (κ2) is 4.09. The van der Waals surface area contributed by atoms with Crippen molar-refractivity contribution in [1.29, 1.82) is 0 Å². The van der Waals surface area contributed by atoms with Gasteiger partial charge in [-0.3, -0.25) is 4.79 Å². The van der Waals surface area contributed by atoms with Crippen molar-refractivity contribution < 1.29 is 13.9 Å². The van der Waals surface area contributed by atoms with Crippen LogP contribution in [0.25, 0.3) is 0 Å². The van der Waals surface area contributed by atoms with Crippen LogP contribution in [0.3, 0.4) is 0 Å². The molecule has 0 aliphatic heterocycles. The van der Waals surface area contributed by atoms with Crippen molar-refractivity contribution in [2.75, 3.05) is 7.11 Å². The lowest BCUT2D eigenvalue weighted by Gasteiger charge is -1.96. The van der Waals surface area contributed by atoms with Crippen LogP contribution in [0.1, 0.15) is 17.1 Å². The lowest BCUT2D eigenvalue weighted by atomic mass is 10.2. The Bertz CT molecular complexity index is 304. The lowest BCUT2D eigenvalue weighted by Crippen LogP contribution is -2.04. The Morgan fingerprint density at radius 2 is 2.38 bits per heavy atom. The number of hydrogen-bond acceptors (Lipinski definition) is 4. The summed E-state index contributed by atoms with van der Waals surface area (Å²) in [4.78, 5) is 10.9. The summed E-state index contributed by atoms with van der Waals surface area (Å²) in [6.45, 7) is 2.23. The number of methoxy groups -OCH3 is 1. The van der Waals surface area contributed by atoms with Gasteiger partial charge >= 0.3 is 5.97 Å². The monoisotopic (exact) mass is 183 g/mol. The van der Waals surface area contributed by atoms with E-state index in [4.69, 9.17) is 10.2 Å². The van der Waals surface area contributed by atoms with E-state index in [0.717, 1.165) is 5.56 Å². The van der Waals surface area contributed by atoms with Crippen LogP contribution in [-0.4, -0.2) is 13.1 Å². The molecule has 4 nitrogen and oxygen atoms in total. The predicted octanol–water partition coefficient (Wildman–Crippen LogP) is 0.762. The summed E-state index contributed by atoms with van der Waals surface area (Å²) in [7, 11) is 1.35. The number of ether oxygens (including phenoxy) is 1. The fourth-order valence-electron chi connectivity index (χ4n) is 1.07. The summed E-state index contributed by atoms with van der Waals surface area (Å²) in [6.07, 6.45) is 0.169. The van der Waals surface area contributed by atoms with E-state index in [9.17, 15) is 4.79 Å². The van der Waals surface area contributed by atoms with E-state index < -0.39 is 0 Å². The first-order chi connectivity index (χ1) is 6.17. The van der Waals surface area contributed by atoms with Gasteiger partial charge in [0.2, 0.25) is 0 Å². The van der Waals surface area contributed by atoms with E-state index in [1.807, 2.05) is 13.0 Å². The van der Waals surface area contributed by atoms with Crippen LogP contribution in [0.4, 0.5) is 0 Å². The number of carbonyl (C=O) groups is 1. The molecule has 1 rings (SSSR count). The maximum atomic E-state index is 10.9. The molecule has 0 spiro atoms. The van der Waals surface area contributed by atoms with Crippen molar-refractivity contribution in [3.63, 3.8) is 0 Å². The molecule has 4 heteroatoms. The summed E-state index contributed by atoms with van der Waals surface area (Å²) in [5.41, 5.74) is 6.32. The third kappa shape index (κ3) is 2.32. The quantitative estimate of drug-likeness (QED) is 0.702. The van der Waals surface area contributed by atoms with E-state index in [-0.39, 0.29) is 12.4 Å². The van der Waals surface area contributed by atoms with Crippen LogP contribution >= 0.6 is 0 Å². The first-order valence-electron chi connectivity index (χ1n) is 4.02. The van der Waals surface area contributed by atoms with E-state index >= 15 is 0 Å². The summed E-state index contributed by atoms with van der Waals surface area (Å²) in [5, 5.41) is 0. The highest BCUT2D eigenvalue weighted by Crippen LogP contribution is 2.14. The highest BCUT2D eigenvalue weighted by atomic mass is 16.5. The zero-order valence-corrected chi connectivity index (χ0v) is 7.79. The smallest absolute Gasteiger partial charge is 0.313 e. The SMILES string of the molecule is COC(=O)Cc1oc(CN)cc1C. The second-order valence-electron chi connectivity index (χ2n) is 2.78. The Morgan fingerprint density at radius 1 is 1.69 bits per heavy atom. The number of rotatable bonds is 3. The van der Waals surface area contributed by atoms with Gasteiger partial charge in [-0.2, -0.15) is 0 Å². The standard InChI is InChI=1S/C9H13NO3/c1-6-3-7(5-10)13-8(6)4-9(11)12-2/h3H,4-5,10H2,1-2H3. The fraction of sp³-hybridized carbons (Fsp3) is 0.444. The van der Waals surface area contributed by atoms with Crippen LogP contribution in [0.5, 0.6) is 0 Å². The largest absolute Gasteiger partial charge is 0.469 e. The summed E-state index contributed by atoms with van der Waals surface area (Å²) < 4.78 is 9.83. The molecule has 0 saturated carbocycles. The van der Waals surface area contributed by atoms with Gasteiger partial charge in [0.1, 0.15) is 17.9 Å². The number of furan rings is 1. The van der Waals surface area contributed by atoms with Crippen molar-refractivity contribution in [3.05, 3.63) is 23.2 Å². The molecule has 2 N–H and O–H groups in total. The minimum atomic E-state index is -0.305. The predicted molar refractivity (Wildman–Crippen MR) is 47.1 cm³/mol. The fourth-order valence-corrected chi connectivity index (χ4v) is 1.07. The molecule has 1 aromatic rings. The van der Waals surface area contributed by atoms with Gasteiger partial charge < -0.3 is 14.9 Å². The molecule has 0 atom stereocenters. The Labute approximate surface area is 76.7 Å². The zero-order valence-electron chi connectivity index (χ0n) is 7.79. The molecule has 1 aromatic heterocycles. The van der Waals surface area contributed by atoms with Gasteiger partial charge in [-0.15, -0.1) is 0 Å². The number of carbonyl (C=O) groups excluding carboxylic acids is 1. The highest BCUT2D eigenvalue weighted by Gasteiger charge is 2.11. The molecule has 0 unspecified atom stereocenters. The van der Waals surface area contributed by atoms with Crippen LogP contribution in [0.2, 0.25) is 0 Å². The molecule has 0 amide bonds. The van der Waals surface area contributed by atoms with Crippen molar-refractivity contribution in [1.82, 2.24) is 0 Å². The number of aryl methyl sites for hydroxylation is 1. The minimum Gasteiger partial charge on any atom is -0.469 e. The number of esters is 1. The lowest BCUT2D eigenvalue weighted by molar-refractivity contribution is -0.140. The normalized spacial score (nSPS) is 10.1. The average molecular weight is 183 g/mol. The van der Waals surface area contributed by atoms with Gasteiger partial charge in [0.15, 0.2) is 0 Å². The van der Waals surface area contributed by atoms with Crippen LogP contribution < -0.4 is 5.73 Å². The summed E-state index contributed by atoms with van der Waals surface area (Å²) in [6, 6.07) is 1.83. The van der Waals surface area contributed by atoms with Gasteiger partial charge in [0.05, 0.1) is 13.7 Å². The average Bonchev–Trinajstić information content (AvgIpc) is 2.47. The van der Waals surface area contributed by atoms with E-state index in [0.29, 0.717) is 18.1 Å². The van der Waals surface area contributed by atoms with E-state index in [1.165, 1.54) is 7.11 Å². The van der Waals surface area contributed by atoms with Gasteiger partial charge in [0, 0.05) is 0 Å². The maximum absolute atomic E-state index is 10.9. The van der Waals surface area contributed by atoms with Gasteiger partial charge in [0.25, 0.3) is 0 Å². The Hall–Kier alpha value is -1.29. The Morgan fingerprint density at radius 3 is 2.85 bits per heavy atom. The molecule has 72 valence electrons. The van der Waals surface area contributed by atoms with Crippen molar-refractivity contribution >= 4 is 5.97 Å². The molecular formula is C9H13NO3. The zero-order chi connectivity index (χ0) is 9.84. The van der Waals surface area contributed by atoms with Crippen molar-refractivity contribution in [3.8, 4) is 0 Å². The summed E-state index contributed by atoms with van der Waals surface area (Å²) >= 11 is 0. The third-order valence-electron chi connectivity index (χ3n) is 1.81. The van der Waals surface area contributed by atoms with E-state index in [1.54, 1.807) is 0 Å². The van der Waals surface area contributed by atoms with Gasteiger partial charge in [-0.25, -0.2) is 0 Å². The van der Waals surface area contributed by atoms with Gasteiger partial charge in [-0.05, 0) is 18.6 Å². The third-order valence-corrected chi connectivity index (χ3v) is 1.81. The first-order valence-corrected chi connectivity index (χ1v) is 4.02. The minimum absolute atomic E-state index is 0.169. The molecule has 0 aliphatic rings. The summed E-state index contributed by atoms with van der Waals surface area (Å²) in [5.74, 6) is 1.02. The number of nitrogens with two attached hydrogens (primary N) is 1. The molecule has 1 heterocycles. The molecule has 0 fully saturated rings. The highest BCUT2D eigenvalue weighted by molar-refractivity contribution is 5.72. The van der Waals surface area contributed by atoms with Crippen molar-refractivity contribution in [2.24, 2.45) is 5.73 Å². The van der Waals surface area contributed by atoms with Crippen LogP contribution in [0.15, 0.2) is 10.5 Å². The molecule has 0 saturated heterocycles. The maximum Gasteiger partial charge on any atom is 0.313 e. The molecule has 0 aromatic carbocycles. The molecule has 13 heavy (non-hydrogen) atoms. The molecule has 0 bridgehead atoms. The topological polar surface area (TPSA) is 65.5 Å². The molecule has 0 aliphatic carbocycles. The van der Waals surface area contributed by atoms with Crippen molar-refractivity contribution in [2.45, 2.75) is 19.9 Å². The first kappa shape index (κ1) is 9.80. The van der Waals surface area contributed by atoms with Gasteiger partial charge in [-0.1, -0.05) is 0 Å². The molecule has 0 radical (unpaired) electrons.